The van der Waals surface area contributed by atoms with Crippen LogP contribution in [0.3, 0.4) is 0 Å². The molecule has 0 N–H and O–H groups in total. The van der Waals surface area contributed by atoms with Crippen LogP contribution in [0.5, 0.6) is 0 Å². The van der Waals surface area contributed by atoms with E-state index in [1.54, 1.807) is 5.57 Å². The molecule has 0 aromatic carbocycles. The maximum atomic E-state index is 4.40. The lowest BCUT2D eigenvalue weighted by molar-refractivity contribution is 0.112. The Hall–Kier alpha value is -1.04. The minimum Gasteiger partial charge on any atom is -0.0953 e. The van der Waals surface area contributed by atoms with Crippen molar-refractivity contribution in [1.82, 2.24) is 0 Å². The monoisotopic (exact) mass is 394 g/mol. The number of allylic oxidation sites excluding steroid dienone is 7. The highest BCUT2D eigenvalue weighted by Gasteiger charge is 2.50. The fraction of sp³-hybridized carbons (Fsp3) is 0.724. The van der Waals surface area contributed by atoms with Gasteiger partial charge in [0, 0.05) is 0 Å². The predicted octanol–water partition coefficient (Wildman–Crippen LogP) is 9.06. The highest BCUT2D eigenvalue weighted by atomic mass is 14.5. The van der Waals surface area contributed by atoms with Crippen molar-refractivity contribution < 1.29 is 0 Å². The molecular formula is C29H46. The van der Waals surface area contributed by atoms with E-state index in [9.17, 15) is 0 Å². The molecular weight excluding hydrogens is 348 g/mol. The summed E-state index contributed by atoms with van der Waals surface area (Å²) in [5.74, 6) is 3.00. The van der Waals surface area contributed by atoms with E-state index < -0.39 is 0 Å². The SMILES string of the molecule is C=C1C(=CC=C2CCCC3(C)C2CCC3C(C)C=CCC(C)(C)C)CCCC1C. The van der Waals surface area contributed by atoms with Crippen molar-refractivity contribution in [1.29, 1.82) is 0 Å². The minimum absolute atomic E-state index is 0.396. The van der Waals surface area contributed by atoms with Crippen molar-refractivity contribution in [3.05, 3.63) is 47.6 Å². The van der Waals surface area contributed by atoms with Crippen LogP contribution < -0.4 is 0 Å². The molecule has 3 aliphatic carbocycles. The van der Waals surface area contributed by atoms with E-state index in [0.717, 1.165) is 11.8 Å². The quantitative estimate of drug-likeness (QED) is 0.417. The lowest BCUT2D eigenvalue weighted by atomic mass is 9.61. The molecule has 0 aromatic rings. The van der Waals surface area contributed by atoms with Gasteiger partial charge in [-0.05, 0) is 103 Å². The van der Waals surface area contributed by atoms with Crippen LogP contribution in [0.15, 0.2) is 47.6 Å². The molecule has 0 aliphatic heterocycles. The van der Waals surface area contributed by atoms with E-state index in [1.807, 2.05) is 0 Å². The Labute approximate surface area is 181 Å². The van der Waals surface area contributed by atoms with Crippen molar-refractivity contribution in [2.45, 2.75) is 99.3 Å². The van der Waals surface area contributed by atoms with Crippen LogP contribution in [0.4, 0.5) is 0 Å². The molecule has 3 rings (SSSR count). The van der Waals surface area contributed by atoms with Crippen LogP contribution in [0.2, 0.25) is 0 Å². The fourth-order valence-corrected chi connectivity index (χ4v) is 6.56. The van der Waals surface area contributed by atoms with Crippen LogP contribution in [0.1, 0.15) is 99.3 Å². The van der Waals surface area contributed by atoms with E-state index in [-0.39, 0.29) is 0 Å². The van der Waals surface area contributed by atoms with Gasteiger partial charge in [0.1, 0.15) is 0 Å². The van der Waals surface area contributed by atoms with Crippen molar-refractivity contribution in [3.63, 3.8) is 0 Å². The zero-order valence-electron chi connectivity index (χ0n) is 20.2. The highest BCUT2D eigenvalue weighted by molar-refractivity contribution is 5.36. The summed E-state index contributed by atoms with van der Waals surface area (Å²) in [5.41, 5.74) is 5.55. The molecule has 29 heavy (non-hydrogen) atoms. The molecule has 0 spiro atoms. The van der Waals surface area contributed by atoms with E-state index in [4.69, 9.17) is 0 Å². The molecule has 0 saturated heterocycles. The third kappa shape index (κ3) is 5.18. The Morgan fingerprint density at radius 1 is 1.10 bits per heavy atom. The summed E-state index contributed by atoms with van der Waals surface area (Å²) in [6, 6.07) is 0. The van der Waals surface area contributed by atoms with E-state index in [0.29, 0.717) is 22.7 Å². The van der Waals surface area contributed by atoms with E-state index in [2.05, 4.69) is 72.4 Å². The molecule has 0 bridgehead atoms. The first-order valence-electron chi connectivity index (χ1n) is 12.4. The topological polar surface area (TPSA) is 0 Å². The Bertz CT molecular complexity index is 679. The molecule has 162 valence electrons. The summed E-state index contributed by atoms with van der Waals surface area (Å²) in [4.78, 5) is 0. The van der Waals surface area contributed by atoms with Crippen LogP contribution >= 0.6 is 0 Å². The lowest BCUT2D eigenvalue weighted by Gasteiger charge is -2.44. The number of hydrogen-bond acceptors (Lipinski definition) is 0. The van der Waals surface area contributed by atoms with Crippen LogP contribution in [-0.2, 0) is 0 Å². The molecule has 3 aliphatic rings. The first-order valence-corrected chi connectivity index (χ1v) is 12.4. The molecule has 0 amide bonds. The van der Waals surface area contributed by atoms with Crippen molar-refractivity contribution in [3.8, 4) is 0 Å². The summed E-state index contributed by atoms with van der Waals surface area (Å²) in [6.45, 7) is 18.8. The highest BCUT2D eigenvalue weighted by Crippen LogP contribution is 2.59. The average Bonchev–Trinajstić information content (AvgIpc) is 2.99. The molecule has 5 atom stereocenters. The molecule has 0 radical (unpaired) electrons. The minimum atomic E-state index is 0.396. The van der Waals surface area contributed by atoms with E-state index in [1.165, 1.54) is 68.9 Å². The van der Waals surface area contributed by atoms with Crippen LogP contribution in [0.25, 0.3) is 0 Å². The van der Waals surface area contributed by atoms with Gasteiger partial charge < -0.3 is 0 Å². The number of rotatable bonds is 4. The second-order valence-electron chi connectivity index (χ2n) is 11.9. The van der Waals surface area contributed by atoms with Gasteiger partial charge in [-0.1, -0.05) is 78.0 Å². The summed E-state index contributed by atoms with van der Waals surface area (Å²) in [5, 5.41) is 0. The van der Waals surface area contributed by atoms with Crippen molar-refractivity contribution >= 4 is 0 Å². The first-order chi connectivity index (χ1) is 13.6. The predicted molar refractivity (Wildman–Crippen MR) is 129 cm³/mol. The van der Waals surface area contributed by atoms with Gasteiger partial charge >= 0.3 is 0 Å². The van der Waals surface area contributed by atoms with Gasteiger partial charge in [0.2, 0.25) is 0 Å². The zero-order chi connectivity index (χ0) is 21.2. The van der Waals surface area contributed by atoms with Gasteiger partial charge in [-0.15, -0.1) is 0 Å². The Morgan fingerprint density at radius 3 is 2.59 bits per heavy atom. The zero-order valence-corrected chi connectivity index (χ0v) is 20.2. The molecule has 5 unspecified atom stereocenters. The second-order valence-corrected chi connectivity index (χ2v) is 11.9. The molecule has 3 saturated carbocycles. The Balaban J connectivity index is 1.73. The average molecular weight is 395 g/mol. The molecule has 0 aromatic heterocycles. The lowest BCUT2D eigenvalue weighted by Crippen LogP contribution is -2.35. The number of hydrogen-bond donors (Lipinski definition) is 0. The normalized spacial score (nSPS) is 37.4. The smallest absolute Gasteiger partial charge is 0.0143 e. The van der Waals surface area contributed by atoms with Crippen LogP contribution in [-0.4, -0.2) is 0 Å². The molecule has 0 nitrogen and oxygen atoms in total. The second kappa shape index (κ2) is 8.99. The van der Waals surface area contributed by atoms with Gasteiger partial charge in [-0.25, -0.2) is 0 Å². The van der Waals surface area contributed by atoms with Gasteiger partial charge in [-0.2, -0.15) is 0 Å². The third-order valence-electron chi connectivity index (χ3n) is 8.43. The summed E-state index contributed by atoms with van der Waals surface area (Å²) >= 11 is 0. The Kier molecular flexibility index (Phi) is 7.02. The fourth-order valence-electron chi connectivity index (χ4n) is 6.56. The van der Waals surface area contributed by atoms with Crippen molar-refractivity contribution in [2.24, 2.45) is 34.5 Å². The van der Waals surface area contributed by atoms with Gasteiger partial charge in [0.25, 0.3) is 0 Å². The number of fused-ring (bicyclic) bond motifs is 1. The summed E-state index contributed by atoms with van der Waals surface area (Å²) in [7, 11) is 0. The Morgan fingerprint density at radius 2 is 1.86 bits per heavy atom. The summed E-state index contributed by atoms with van der Waals surface area (Å²) in [6.07, 6.45) is 21.9. The van der Waals surface area contributed by atoms with Gasteiger partial charge in [-0.3, -0.25) is 0 Å². The summed E-state index contributed by atoms with van der Waals surface area (Å²) < 4.78 is 0. The van der Waals surface area contributed by atoms with E-state index >= 15 is 0 Å². The largest absolute Gasteiger partial charge is 0.0953 e. The molecule has 0 heterocycles. The third-order valence-corrected chi connectivity index (χ3v) is 8.43. The molecule has 3 fully saturated rings. The first kappa shape index (κ1) is 22.6. The standard InChI is InChI=1S/C29H46/c1-21-11-8-13-24(23(21)3)15-16-25-14-10-20-29(7)26(17-18-27(25)29)22(2)12-9-19-28(4,5)6/h9,12,15-16,21-22,26-27H,3,8,10-11,13-14,17-20H2,1-2,4-7H3. The van der Waals surface area contributed by atoms with Gasteiger partial charge in [0.05, 0.1) is 0 Å². The maximum Gasteiger partial charge on any atom is -0.0143 e. The molecule has 0 heteroatoms. The van der Waals surface area contributed by atoms with Gasteiger partial charge in [0.15, 0.2) is 0 Å². The van der Waals surface area contributed by atoms with Crippen molar-refractivity contribution in [2.75, 3.05) is 0 Å². The van der Waals surface area contributed by atoms with Crippen LogP contribution in [0, 0.1) is 34.5 Å². The maximum absolute atomic E-state index is 4.40.